The SMILES string of the molecule is NC(=O)c1cc(C2CC(NC(=O)Cc3ccc(Cl)cc3)C2)[nH]n1. The van der Waals surface area contributed by atoms with Crippen LogP contribution in [0.2, 0.25) is 5.02 Å². The first-order chi connectivity index (χ1) is 11.0. The lowest BCUT2D eigenvalue weighted by atomic mass is 9.78. The number of nitrogens with zero attached hydrogens (tertiary/aromatic N) is 1. The van der Waals surface area contributed by atoms with Gasteiger partial charge in [-0.05, 0) is 36.6 Å². The third-order valence-electron chi connectivity index (χ3n) is 4.07. The Bertz CT molecular complexity index is 720. The lowest BCUT2D eigenvalue weighted by Crippen LogP contribution is -2.44. The molecule has 7 heteroatoms. The summed E-state index contributed by atoms with van der Waals surface area (Å²) in [5, 5.41) is 10.4. The van der Waals surface area contributed by atoms with Crippen LogP contribution in [0.15, 0.2) is 30.3 Å². The summed E-state index contributed by atoms with van der Waals surface area (Å²) in [4.78, 5) is 23.0. The molecule has 120 valence electrons. The number of carbonyl (C=O) groups is 2. The van der Waals surface area contributed by atoms with Crippen molar-refractivity contribution in [2.45, 2.75) is 31.2 Å². The zero-order chi connectivity index (χ0) is 16.4. The molecule has 0 bridgehead atoms. The van der Waals surface area contributed by atoms with E-state index in [1.54, 1.807) is 18.2 Å². The Hall–Kier alpha value is -2.34. The van der Waals surface area contributed by atoms with Crippen LogP contribution in [0.3, 0.4) is 0 Å². The summed E-state index contributed by atoms with van der Waals surface area (Å²) in [6.07, 6.45) is 1.99. The standard InChI is InChI=1S/C16H17ClN4O2/c17-11-3-1-9(2-4-11)5-15(22)19-12-6-10(7-12)13-8-14(16(18)23)21-20-13/h1-4,8,10,12H,5-7H2,(H2,18,23)(H,19,22)(H,20,21). The Morgan fingerprint density at radius 1 is 1.30 bits per heavy atom. The topological polar surface area (TPSA) is 101 Å². The van der Waals surface area contributed by atoms with Crippen LogP contribution in [0.4, 0.5) is 0 Å². The Morgan fingerprint density at radius 3 is 2.61 bits per heavy atom. The highest BCUT2D eigenvalue weighted by atomic mass is 35.5. The molecular weight excluding hydrogens is 316 g/mol. The zero-order valence-corrected chi connectivity index (χ0v) is 13.1. The molecule has 4 N–H and O–H groups in total. The Balaban J connectivity index is 1.46. The summed E-state index contributed by atoms with van der Waals surface area (Å²) < 4.78 is 0. The van der Waals surface area contributed by atoms with Crippen molar-refractivity contribution in [2.24, 2.45) is 5.73 Å². The number of hydrogen-bond donors (Lipinski definition) is 3. The second kappa shape index (κ2) is 6.42. The first kappa shape index (κ1) is 15.6. The van der Waals surface area contributed by atoms with Crippen molar-refractivity contribution in [1.29, 1.82) is 0 Å². The molecule has 0 radical (unpaired) electrons. The predicted octanol–water partition coefficient (Wildman–Crippen LogP) is 1.77. The summed E-state index contributed by atoms with van der Waals surface area (Å²) in [5.41, 5.74) is 7.24. The molecule has 1 saturated carbocycles. The van der Waals surface area contributed by atoms with Gasteiger partial charge in [-0.3, -0.25) is 14.7 Å². The van der Waals surface area contributed by atoms with Crippen molar-refractivity contribution < 1.29 is 9.59 Å². The molecule has 0 aliphatic heterocycles. The number of aromatic nitrogens is 2. The van der Waals surface area contributed by atoms with Crippen LogP contribution < -0.4 is 11.1 Å². The fraction of sp³-hybridized carbons (Fsp3) is 0.312. The van der Waals surface area contributed by atoms with E-state index < -0.39 is 5.91 Å². The van der Waals surface area contributed by atoms with E-state index in [-0.39, 0.29) is 23.6 Å². The molecule has 2 aromatic rings. The zero-order valence-electron chi connectivity index (χ0n) is 12.4. The molecule has 1 aliphatic carbocycles. The number of H-pyrrole nitrogens is 1. The van der Waals surface area contributed by atoms with Gasteiger partial charge in [-0.15, -0.1) is 0 Å². The number of rotatable bonds is 5. The van der Waals surface area contributed by atoms with Crippen LogP contribution >= 0.6 is 11.6 Å². The highest BCUT2D eigenvalue weighted by molar-refractivity contribution is 6.30. The van der Waals surface area contributed by atoms with Crippen molar-refractivity contribution in [3.63, 3.8) is 0 Å². The highest BCUT2D eigenvalue weighted by Crippen LogP contribution is 2.36. The number of aromatic amines is 1. The third kappa shape index (κ3) is 3.71. The largest absolute Gasteiger partial charge is 0.364 e. The van der Waals surface area contributed by atoms with Crippen LogP contribution in [0.25, 0.3) is 0 Å². The van der Waals surface area contributed by atoms with E-state index in [4.69, 9.17) is 17.3 Å². The van der Waals surface area contributed by atoms with Crippen molar-refractivity contribution in [3.05, 3.63) is 52.3 Å². The normalized spacial score (nSPS) is 19.9. The molecule has 1 aromatic carbocycles. The van der Waals surface area contributed by atoms with Crippen molar-refractivity contribution in [2.75, 3.05) is 0 Å². The highest BCUT2D eigenvalue weighted by Gasteiger charge is 2.32. The molecule has 3 rings (SSSR count). The van der Waals surface area contributed by atoms with E-state index in [0.717, 1.165) is 24.1 Å². The second-order valence-corrected chi connectivity index (χ2v) is 6.25. The minimum Gasteiger partial charge on any atom is -0.364 e. The minimum absolute atomic E-state index is 0.00166. The van der Waals surface area contributed by atoms with Gasteiger partial charge in [0.1, 0.15) is 5.69 Å². The molecule has 6 nitrogen and oxygen atoms in total. The quantitative estimate of drug-likeness (QED) is 0.777. The van der Waals surface area contributed by atoms with E-state index in [0.29, 0.717) is 11.4 Å². The Labute approximate surface area is 138 Å². The molecule has 0 atom stereocenters. The van der Waals surface area contributed by atoms with Gasteiger partial charge < -0.3 is 11.1 Å². The maximum absolute atomic E-state index is 12.0. The number of carbonyl (C=O) groups excluding carboxylic acids is 2. The summed E-state index contributed by atoms with van der Waals surface area (Å²) in [6.45, 7) is 0. The Morgan fingerprint density at radius 2 is 2.00 bits per heavy atom. The molecule has 1 fully saturated rings. The molecule has 1 aromatic heterocycles. The van der Waals surface area contributed by atoms with Crippen LogP contribution in [0.1, 0.15) is 40.5 Å². The van der Waals surface area contributed by atoms with Crippen molar-refractivity contribution in [1.82, 2.24) is 15.5 Å². The smallest absolute Gasteiger partial charge is 0.269 e. The number of hydrogen-bond acceptors (Lipinski definition) is 3. The van der Waals surface area contributed by atoms with Crippen LogP contribution in [-0.2, 0) is 11.2 Å². The van der Waals surface area contributed by atoms with Crippen LogP contribution in [-0.4, -0.2) is 28.1 Å². The number of benzene rings is 1. The molecule has 0 unspecified atom stereocenters. The number of amides is 2. The molecule has 23 heavy (non-hydrogen) atoms. The van der Waals surface area contributed by atoms with Crippen molar-refractivity contribution in [3.8, 4) is 0 Å². The lowest BCUT2D eigenvalue weighted by Gasteiger charge is -2.35. The van der Waals surface area contributed by atoms with Gasteiger partial charge in [0, 0.05) is 22.7 Å². The van der Waals surface area contributed by atoms with Crippen molar-refractivity contribution >= 4 is 23.4 Å². The van der Waals surface area contributed by atoms with E-state index in [1.807, 2.05) is 12.1 Å². The number of primary amides is 1. The monoisotopic (exact) mass is 332 g/mol. The van der Waals surface area contributed by atoms with E-state index in [1.165, 1.54) is 0 Å². The summed E-state index contributed by atoms with van der Waals surface area (Å²) in [5.74, 6) is -0.269. The van der Waals surface area contributed by atoms with Crippen LogP contribution in [0, 0.1) is 0 Å². The fourth-order valence-corrected chi connectivity index (χ4v) is 2.85. The third-order valence-corrected chi connectivity index (χ3v) is 4.32. The van der Waals surface area contributed by atoms with Gasteiger partial charge in [0.25, 0.3) is 5.91 Å². The van der Waals surface area contributed by atoms with Gasteiger partial charge in [-0.25, -0.2) is 0 Å². The van der Waals surface area contributed by atoms with Crippen LogP contribution in [0.5, 0.6) is 0 Å². The second-order valence-electron chi connectivity index (χ2n) is 5.81. The fourth-order valence-electron chi connectivity index (χ4n) is 2.73. The number of halogens is 1. The van der Waals surface area contributed by atoms with Gasteiger partial charge >= 0.3 is 0 Å². The molecule has 2 amide bonds. The molecule has 0 saturated heterocycles. The first-order valence-corrected chi connectivity index (χ1v) is 7.78. The molecule has 0 spiro atoms. The average Bonchev–Trinajstić information content (AvgIpc) is 2.94. The predicted molar refractivity (Wildman–Crippen MR) is 86.2 cm³/mol. The van der Waals surface area contributed by atoms with Gasteiger partial charge in [0.05, 0.1) is 6.42 Å². The number of nitrogens with one attached hydrogen (secondary N) is 2. The van der Waals surface area contributed by atoms with Gasteiger partial charge in [-0.2, -0.15) is 5.10 Å². The first-order valence-electron chi connectivity index (χ1n) is 7.40. The summed E-state index contributed by atoms with van der Waals surface area (Å²) in [7, 11) is 0. The van der Waals surface area contributed by atoms with E-state index in [2.05, 4.69) is 15.5 Å². The summed E-state index contributed by atoms with van der Waals surface area (Å²) in [6, 6.07) is 9.08. The summed E-state index contributed by atoms with van der Waals surface area (Å²) >= 11 is 5.82. The minimum atomic E-state index is -0.542. The number of nitrogens with two attached hydrogens (primary N) is 1. The van der Waals surface area contributed by atoms with E-state index in [9.17, 15) is 9.59 Å². The average molecular weight is 333 g/mol. The lowest BCUT2D eigenvalue weighted by molar-refractivity contribution is -0.121. The molecular formula is C16H17ClN4O2. The van der Waals surface area contributed by atoms with Gasteiger partial charge in [-0.1, -0.05) is 23.7 Å². The maximum Gasteiger partial charge on any atom is 0.269 e. The maximum atomic E-state index is 12.0. The van der Waals surface area contributed by atoms with Gasteiger partial charge in [0.15, 0.2) is 0 Å². The molecule has 1 aliphatic rings. The van der Waals surface area contributed by atoms with Gasteiger partial charge in [0.2, 0.25) is 5.91 Å². The van der Waals surface area contributed by atoms with E-state index >= 15 is 0 Å². The Kier molecular flexibility index (Phi) is 4.34. The molecule has 1 heterocycles.